The van der Waals surface area contributed by atoms with E-state index in [0.29, 0.717) is 30.8 Å². The van der Waals surface area contributed by atoms with Crippen molar-refractivity contribution in [1.29, 1.82) is 0 Å². The number of carbonyl (C=O) groups excluding carboxylic acids is 2. The summed E-state index contributed by atoms with van der Waals surface area (Å²) in [7, 11) is 0. The third-order valence-electron chi connectivity index (χ3n) is 6.28. The van der Waals surface area contributed by atoms with Crippen molar-refractivity contribution in [3.63, 3.8) is 0 Å². The first-order valence-electron chi connectivity index (χ1n) is 11.3. The molecule has 2 amide bonds. The van der Waals surface area contributed by atoms with Crippen LogP contribution in [0.5, 0.6) is 0 Å². The van der Waals surface area contributed by atoms with E-state index in [1.165, 1.54) is 6.42 Å². The molecule has 2 heterocycles. The minimum absolute atomic E-state index is 0.00614. The second kappa shape index (κ2) is 10.4. The van der Waals surface area contributed by atoms with E-state index in [1.807, 2.05) is 17.0 Å². The van der Waals surface area contributed by atoms with E-state index in [0.717, 1.165) is 31.2 Å². The zero-order chi connectivity index (χ0) is 22.3. The molecule has 0 radical (unpaired) electrons. The maximum atomic E-state index is 13.3. The van der Waals surface area contributed by atoms with Crippen molar-refractivity contribution >= 4 is 11.8 Å². The van der Waals surface area contributed by atoms with Gasteiger partial charge in [0.2, 0.25) is 5.91 Å². The summed E-state index contributed by atoms with van der Waals surface area (Å²) < 4.78 is 6.23. The summed E-state index contributed by atoms with van der Waals surface area (Å²) in [4.78, 5) is 34.1. The van der Waals surface area contributed by atoms with Gasteiger partial charge < -0.3 is 14.5 Å². The predicted octanol–water partition coefficient (Wildman–Crippen LogP) is 3.27. The van der Waals surface area contributed by atoms with Crippen LogP contribution in [0.3, 0.4) is 0 Å². The Balaban J connectivity index is 1.54. The number of terminal acetylenes is 1. The van der Waals surface area contributed by atoms with Crippen LogP contribution in [0.4, 0.5) is 0 Å². The number of carbonyl (C=O) groups is 2. The third-order valence-corrected chi connectivity index (χ3v) is 6.28. The predicted molar refractivity (Wildman–Crippen MR) is 122 cm³/mol. The van der Waals surface area contributed by atoms with Crippen molar-refractivity contribution in [2.75, 3.05) is 19.6 Å². The molecule has 4 rings (SSSR count). The summed E-state index contributed by atoms with van der Waals surface area (Å²) in [5, 5.41) is 0. The number of nitrogens with zero attached hydrogens (tertiary/aromatic N) is 3. The summed E-state index contributed by atoms with van der Waals surface area (Å²) in [6, 6.07) is 11.0. The lowest BCUT2D eigenvalue weighted by Crippen LogP contribution is -2.46. The zero-order valence-electron chi connectivity index (χ0n) is 18.3. The van der Waals surface area contributed by atoms with Crippen LogP contribution in [-0.2, 0) is 16.1 Å². The van der Waals surface area contributed by atoms with Gasteiger partial charge in [0.15, 0.2) is 0 Å². The second-order valence-electron chi connectivity index (χ2n) is 8.54. The lowest BCUT2D eigenvalue weighted by Gasteiger charge is -2.34. The highest BCUT2D eigenvalue weighted by Crippen LogP contribution is 2.25. The molecule has 1 aromatic heterocycles. The number of benzene rings is 1. The van der Waals surface area contributed by atoms with Gasteiger partial charge in [-0.15, -0.1) is 6.42 Å². The first-order chi connectivity index (χ1) is 15.6. The molecule has 1 atom stereocenters. The fourth-order valence-electron chi connectivity index (χ4n) is 4.57. The van der Waals surface area contributed by atoms with Crippen molar-refractivity contribution in [2.45, 2.75) is 50.9 Å². The minimum Gasteiger partial charge on any atom is -0.370 e. The summed E-state index contributed by atoms with van der Waals surface area (Å²) in [6.45, 7) is 1.33. The van der Waals surface area contributed by atoms with E-state index in [9.17, 15) is 9.59 Å². The fraction of sp³-hybridized carbons (Fsp3) is 0.423. The Hall–Kier alpha value is -3.17. The molecule has 166 valence electrons. The molecule has 0 spiro atoms. The van der Waals surface area contributed by atoms with Gasteiger partial charge in [0.05, 0.1) is 12.7 Å². The molecule has 1 unspecified atom stereocenters. The van der Waals surface area contributed by atoms with Gasteiger partial charge in [-0.2, -0.15) is 0 Å². The molecule has 6 nitrogen and oxygen atoms in total. The highest BCUT2D eigenvalue weighted by atomic mass is 16.5. The molecule has 1 saturated carbocycles. The molecule has 0 bridgehead atoms. The van der Waals surface area contributed by atoms with E-state index >= 15 is 0 Å². The van der Waals surface area contributed by atoms with Gasteiger partial charge in [-0.25, -0.2) is 0 Å². The van der Waals surface area contributed by atoms with E-state index in [-0.39, 0.29) is 30.5 Å². The Morgan fingerprint density at radius 3 is 2.66 bits per heavy atom. The van der Waals surface area contributed by atoms with Gasteiger partial charge >= 0.3 is 0 Å². The molecule has 6 heteroatoms. The summed E-state index contributed by atoms with van der Waals surface area (Å²) in [5.41, 5.74) is 2.15. The normalized spacial score (nSPS) is 20.0. The first kappa shape index (κ1) is 22.0. The number of amides is 2. The molecule has 1 aliphatic carbocycles. The number of pyridine rings is 1. The molecule has 32 heavy (non-hydrogen) atoms. The molecule has 2 aliphatic rings. The second-order valence-corrected chi connectivity index (χ2v) is 8.54. The SMILES string of the molecule is C#Cc1cccc(C(=O)N2CC(=O)N(C3CCCCC3)CC(OCc3ccncc3)C2)c1. The van der Waals surface area contributed by atoms with Gasteiger partial charge in [0.25, 0.3) is 5.91 Å². The van der Waals surface area contributed by atoms with Gasteiger partial charge in [-0.3, -0.25) is 14.6 Å². The van der Waals surface area contributed by atoms with Crippen LogP contribution in [-0.4, -0.2) is 58.4 Å². The van der Waals surface area contributed by atoms with Crippen LogP contribution in [0.25, 0.3) is 0 Å². The number of aromatic nitrogens is 1. The monoisotopic (exact) mass is 431 g/mol. The molecule has 1 aliphatic heterocycles. The zero-order valence-corrected chi connectivity index (χ0v) is 18.3. The molecule has 1 saturated heterocycles. The Morgan fingerprint density at radius 2 is 1.91 bits per heavy atom. The van der Waals surface area contributed by atoms with Crippen molar-refractivity contribution in [3.8, 4) is 12.3 Å². The Morgan fingerprint density at radius 1 is 1.12 bits per heavy atom. The molecule has 2 aromatic rings. The van der Waals surface area contributed by atoms with Gasteiger partial charge in [-0.05, 0) is 48.7 Å². The number of hydrogen-bond donors (Lipinski definition) is 0. The van der Waals surface area contributed by atoms with Crippen LogP contribution >= 0.6 is 0 Å². The Labute approximate surface area is 189 Å². The van der Waals surface area contributed by atoms with Crippen LogP contribution in [0.2, 0.25) is 0 Å². The molecule has 2 fully saturated rings. The summed E-state index contributed by atoms with van der Waals surface area (Å²) >= 11 is 0. The highest BCUT2D eigenvalue weighted by molar-refractivity contribution is 5.97. The lowest BCUT2D eigenvalue weighted by atomic mass is 9.94. The topological polar surface area (TPSA) is 62.7 Å². The number of hydrogen-bond acceptors (Lipinski definition) is 4. The van der Waals surface area contributed by atoms with E-state index in [1.54, 1.807) is 41.6 Å². The maximum Gasteiger partial charge on any atom is 0.254 e. The standard InChI is InChI=1S/C26H29N3O3/c1-2-20-7-6-8-22(15-20)26(31)28-16-24(32-19-21-11-13-27-14-12-21)17-29(25(30)18-28)23-9-4-3-5-10-23/h1,6-8,11-15,23-24H,3-5,9-10,16-19H2. The Kier molecular flexibility index (Phi) is 7.18. The Bertz CT molecular complexity index is 979. The first-order valence-corrected chi connectivity index (χ1v) is 11.3. The molecule has 1 aromatic carbocycles. The summed E-state index contributed by atoms with van der Waals surface area (Å²) in [6.07, 6.45) is 14.2. The summed E-state index contributed by atoms with van der Waals surface area (Å²) in [5.74, 6) is 2.37. The maximum absolute atomic E-state index is 13.3. The minimum atomic E-state index is -0.267. The molecule has 0 N–H and O–H groups in total. The number of rotatable bonds is 5. The van der Waals surface area contributed by atoms with Crippen molar-refractivity contribution in [1.82, 2.24) is 14.8 Å². The van der Waals surface area contributed by atoms with Gasteiger partial charge in [-0.1, -0.05) is 31.2 Å². The third kappa shape index (κ3) is 5.35. The van der Waals surface area contributed by atoms with Crippen LogP contribution in [0.1, 0.15) is 53.6 Å². The number of ether oxygens (including phenoxy) is 1. The van der Waals surface area contributed by atoms with Crippen molar-refractivity contribution in [3.05, 3.63) is 65.5 Å². The van der Waals surface area contributed by atoms with E-state index in [2.05, 4.69) is 10.9 Å². The lowest BCUT2D eigenvalue weighted by molar-refractivity contribution is -0.134. The van der Waals surface area contributed by atoms with Crippen LogP contribution in [0, 0.1) is 12.3 Å². The average molecular weight is 432 g/mol. The quantitative estimate of drug-likeness (QED) is 0.682. The van der Waals surface area contributed by atoms with Crippen molar-refractivity contribution < 1.29 is 14.3 Å². The van der Waals surface area contributed by atoms with Crippen LogP contribution < -0.4 is 0 Å². The van der Waals surface area contributed by atoms with E-state index < -0.39 is 0 Å². The van der Waals surface area contributed by atoms with Crippen molar-refractivity contribution in [2.24, 2.45) is 0 Å². The largest absolute Gasteiger partial charge is 0.370 e. The van der Waals surface area contributed by atoms with Crippen LogP contribution in [0.15, 0.2) is 48.8 Å². The molecular weight excluding hydrogens is 402 g/mol. The molecular formula is C26H29N3O3. The smallest absolute Gasteiger partial charge is 0.254 e. The van der Waals surface area contributed by atoms with Gasteiger partial charge in [0.1, 0.15) is 6.54 Å². The van der Waals surface area contributed by atoms with Gasteiger partial charge in [0, 0.05) is 42.7 Å². The fourth-order valence-corrected chi connectivity index (χ4v) is 4.57. The highest BCUT2D eigenvalue weighted by Gasteiger charge is 2.35. The average Bonchev–Trinajstić information content (AvgIpc) is 3.02. The van der Waals surface area contributed by atoms with E-state index in [4.69, 9.17) is 11.2 Å².